The molecule has 0 aliphatic carbocycles. The number of pyridine rings is 1. The van der Waals surface area contributed by atoms with E-state index in [0.717, 1.165) is 22.7 Å². The summed E-state index contributed by atoms with van der Waals surface area (Å²) in [5.41, 5.74) is 2.03. The number of rotatable bonds is 4. The lowest BCUT2D eigenvalue weighted by molar-refractivity contribution is -0.127. The fourth-order valence-corrected chi connectivity index (χ4v) is 2.73. The number of amides is 1. The van der Waals surface area contributed by atoms with Crippen LogP contribution in [0.3, 0.4) is 0 Å². The van der Waals surface area contributed by atoms with Gasteiger partial charge in [-0.2, -0.15) is 5.10 Å². The van der Waals surface area contributed by atoms with Crippen molar-refractivity contribution in [2.24, 2.45) is 0 Å². The Bertz CT molecular complexity index is 836. The maximum Gasteiger partial charge on any atom is 0.261 e. The molecule has 1 atom stereocenters. The van der Waals surface area contributed by atoms with Crippen molar-refractivity contribution in [2.45, 2.75) is 19.1 Å². The second kappa shape index (κ2) is 6.16. The molecule has 3 aromatic rings. The predicted molar refractivity (Wildman–Crippen MR) is 87.8 cm³/mol. The van der Waals surface area contributed by atoms with Gasteiger partial charge in [0.15, 0.2) is 11.9 Å². The molecule has 0 bridgehead atoms. The highest BCUT2D eigenvalue weighted by Crippen LogP contribution is 2.28. The summed E-state index contributed by atoms with van der Waals surface area (Å²) in [5, 5.41) is 7.08. The molecular formula is C18H16N4O2. The van der Waals surface area contributed by atoms with Gasteiger partial charge in [-0.25, -0.2) is 9.67 Å². The van der Waals surface area contributed by atoms with Crippen LogP contribution >= 0.6 is 0 Å². The second-order valence-corrected chi connectivity index (χ2v) is 5.61. The summed E-state index contributed by atoms with van der Waals surface area (Å²) in [6.07, 6.45) is 5.38. The van der Waals surface area contributed by atoms with Gasteiger partial charge in [-0.05, 0) is 35.4 Å². The molecule has 4 rings (SSSR count). The van der Waals surface area contributed by atoms with E-state index < -0.39 is 6.10 Å². The molecule has 2 aromatic heterocycles. The van der Waals surface area contributed by atoms with Crippen LogP contribution < -0.4 is 10.1 Å². The number of hydrogen-bond donors (Lipinski definition) is 1. The van der Waals surface area contributed by atoms with E-state index in [1.165, 1.54) is 0 Å². The van der Waals surface area contributed by atoms with E-state index in [4.69, 9.17) is 4.74 Å². The van der Waals surface area contributed by atoms with E-state index in [0.29, 0.717) is 13.0 Å². The number of hydrogen-bond acceptors (Lipinski definition) is 4. The van der Waals surface area contributed by atoms with Crippen molar-refractivity contribution in [3.63, 3.8) is 0 Å². The van der Waals surface area contributed by atoms with E-state index in [1.54, 1.807) is 17.1 Å². The summed E-state index contributed by atoms with van der Waals surface area (Å²) < 4.78 is 7.38. The van der Waals surface area contributed by atoms with Crippen LogP contribution in [-0.2, 0) is 17.8 Å². The average Bonchev–Trinajstić information content (AvgIpc) is 3.29. The topological polar surface area (TPSA) is 69.0 Å². The molecule has 0 spiro atoms. The Balaban J connectivity index is 1.39. The van der Waals surface area contributed by atoms with Gasteiger partial charge in [-0.1, -0.05) is 18.2 Å². The van der Waals surface area contributed by atoms with Crippen LogP contribution in [0.5, 0.6) is 5.75 Å². The van der Waals surface area contributed by atoms with Gasteiger partial charge in [0.05, 0.1) is 0 Å². The lowest BCUT2D eigenvalue weighted by atomic mass is 10.1. The molecule has 1 amide bonds. The zero-order valence-corrected chi connectivity index (χ0v) is 12.9. The van der Waals surface area contributed by atoms with E-state index in [1.807, 2.05) is 48.7 Å². The average molecular weight is 320 g/mol. The van der Waals surface area contributed by atoms with Crippen LogP contribution in [0.1, 0.15) is 11.1 Å². The van der Waals surface area contributed by atoms with E-state index in [2.05, 4.69) is 15.4 Å². The molecule has 6 nitrogen and oxygen atoms in total. The minimum absolute atomic E-state index is 0.108. The molecule has 1 N–H and O–H groups in total. The van der Waals surface area contributed by atoms with Crippen molar-refractivity contribution in [3.05, 3.63) is 72.2 Å². The number of para-hydroxylation sites is 1. The Labute approximate surface area is 139 Å². The van der Waals surface area contributed by atoms with E-state index >= 15 is 0 Å². The number of fused-ring (bicyclic) bond motifs is 1. The number of nitrogens with one attached hydrogen (secondary N) is 1. The summed E-state index contributed by atoms with van der Waals surface area (Å²) in [6, 6.07) is 13.4. The van der Waals surface area contributed by atoms with Crippen LogP contribution in [0.25, 0.3) is 5.82 Å². The summed E-state index contributed by atoms with van der Waals surface area (Å²) in [7, 11) is 0. The monoisotopic (exact) mass is 320 g/mol. The molecule has 1 aliphatic heterocycles. The van der Waals surface area contributed by atoms with Crippen LogP contribution in [-0.4, -0.2) is 26.8 Å². The Morgan fingerprint density at radius 1 is 1.25 bits per heavy atom. The Morgan fingerprint density at radius 2 is 2.17 bits per heavy atom. The third kappa shape index (κ3) is 2.86. The summed E-state index contributed by atoms with van der Waals surface area (Å²) in [4.78, 5) is 16.6. The Morgan fingerprint density at radius 3 is 3.00 bits per heavy atom. The third-order valence-electron chi connectivity index (χ3n) is 3.96. The molecule has 6 heteroatoms. The zero-order chi connectivity index (χ0) is 16.4. The molecule has 24 heavy (non-hydrogen) atoms. The smallest absolute Gasteiger partial charge is 0.261 e. The number of ether oxygens (including phenoxy) is 1. The molecular weight excluding hydrogens is 304 g/mol. The van der Waals surface area contributed by atoms with Crippen LogP contribution in [0, 0.1) is 0 Å². The lowest BCUT2D eigenvalue weighted by Gasteiger charge is -2.11. The molecule has 3 heterocycles. The quantitative estimate of drug-likeness (QED) is 0.797. The number of nitrogens with zero attached hydrogens (tertiary/aromatic N) is 3. The summed E-state index contributed by atoms with van der Waals surface area (Å²) in [5.74, 6) is 1.41. The van der Waals surface area contributed by atoms with Gasteiger partial charge in [-0.3, -0.25) is 4.79 Å². The maximum absolute atomic E-state index is 12.3. The van der Waals surface area contributed by atoms with Gasteiger partial charge in [-0.15, -0.1) is 0 Å². The molecule has 1 aliphatic rings. The standard InChI is InChI=1S/C18H16N4O2/c23-18(16-11-14-4-1-2-5-15(14)24-16)20-12-13-6-8-19-17(10-13)22-9-3-7-21-22/h1-10,16H,11-12H2,(H,20,23). The molecule has 1 aromatic carbocycles. The summed E-state index contributed by atoms with van der Waals surface area (Å²) >= 11 is 0. The zero-order valence-electron chi connectivity index (χ0n) is 12.9. The van der Waals surface area contributed by atoms with Crippen molar-refractivity contribution in [1.82, 2.24) is 20.1 Å². The highest BCUT2D eigenvalue weighted by molar-refractivity contribution is 5.82. The van der Waals surface area contributed by atoms with E-state index in [9.17, 15) is 4.79 Å². The van der Waals surface area contributed by atoms with Crippen molar-refractivity contribution < 1.29 is 9.53 Å². The first-order chi connectivity index (χ1) is 11.8. The van der Waals surface area contributed by atoms with Crippen molar-refractivity contribution in [2.75, 3.05) is 0 Å². The number of aromatic nitrogens is 3. The number of carbonyl (C=O) groups is 1. The van der Waals surface area contributed by atoms with Crippen molar-refractivity contribution >= 4 is 5.91 Å². The van der Waals surface area contributed by atoms with Gasteiger partial charge >= 0.3 is 0 Å². The molecule has 120 valence electrons. The fraction of sp³-hybridized carbons (Fsp3) is 0.167. The highest BCUT2D eigenvalue weighted by atomic mass is 16.5. The first-order valence-corrected chi connectivity index (χ1v) is 7.77. The van der Waals surface area contributed by atoms with Gasteiger partial charge < -0.3 is 10.1 Å². The first kappa shape index (κ1) is 14.4. The molecule has 0 radical (unpaired) electrons. The van der Waals surface area contributed by atoms with Crippen LogP contribution in [0.4, 0.5) is 0 Å². The Hall–Kier alpha value is -3.15. The highest BCUT2D eigenvalue weighted by Gasteiger charge is 2.28. The normalized spacial score (nSPS) is 15.6. The molecule has 0 saturated heterocycles. The molecule has 0 saturated carbocycles. The van der Waals surface area contributed by atoms with Crippen molar-refractivity contribution in [3.8, 4) is 11.6 Å². The minimum Gasteiger partial charge on any atom is -0.480 e. The largest absolute Gasteiger partial charge is 0.480 e. The molecule has 1 unspecified atom stereocenters. The third-order valence-corrected chi connectivity index (χ3v) is 3.96. The van der Waals surface area contributed by atoms with Gasteiger partial charge in [0.25, 0.3) is 5.91 Å². The maximum atomic E-state index is 12.3. The SMILES string of the molecule is O=C(NCc1ccnc(-n2cccn2)c1)C1Cc2ccccc2O1. The van der Waals surface area contributed by atoms with Gasteiger partial charge in [0, 0.05) is 31.6 Å². The summed E-state index contributed by atoms with van der Waals surface area (Å²) in [6.45, 7) is 0.422. The Kier molecular flexibility index (Phi) is 3.70. The van der Waals surface area contributed by atoms with Gasteiger partial charge in [0.1, 0.15) is 5.75 Å². The van der Waals surface area contributed by atoms with Crippen LogP contribution in [0.15, 0.2) is 61.1 Å². The predicted octanol–water partition coefficient (Wildman–Crippen LogP) is 1.89. The number of carbonyl (C=O) groups excluding carboxylic acids is 1. The van der Waals surface area contributed by atoms with Gasteiger partial charge in [0.2, 0.25) is 0 Å². The van der Waals surface area contributed by atoms with Crippen LogP contribution in [0.2, 0.25) is 0 Å². The lowest BCUT2D eigenvalue weighted by Crippen LogP contribution is -2.37. The second-order valence-electron chi connectivity index (χ2n) is 5.61. The first-order valence-electron chi connectivity index (χ1n) is 7.77. The van der Waals surface area contributed by atoms with Crippen molar-refractivity contribution in [1.29, 1.82) is 0 Å². The van der Waals surface area contributed by atoms with E-state index in [-0.39, 0.29) is 5.91 Å². The number of benzene rings is 1. The minimum atomic E-state index is -0.463. The fourth-order valence-electron chi connectivity index (χ4n) is 2.73. The molecule has 0 fully saturated rings.